The summed E-state index contributed by atoms with van der Waals surface area (Å²) >= 11 is 5.93. The average Bonchev–Trinajstić information content (AvgIpc) is 2.41. The van der Waals surface area contributed by atoms with E-state index in [1.807, 2.05) is 7.05 Å². The molecule has 0 spiro atoms. The van der Waals surface area contributed by atoms with E-state index in [0.29, 0.717) is 22.6 Å². The van der Waals surface area contributed by atoms with Crippen molar-refractivity contribution in [3.05, 3.63) is 51.3 Å². The zero-order valence-electron chi connectivity index (χ0n) is 11.2. The van der Waals surface area contributed by atoms with Gasteiger partial charge in [-0.05, 0) is 31.2 Å². The molecule has 0 unspecified atom stereocenters. The first-order valence-electron chi connectivity index (χ1n) is 6.16. The zero-order chi connectivity index (χ0) is 14.7. The Labute approximate surface area is 121 Å². The van der Waals surface area contributed by atoms with Gasteiger partial charge in [-0.2, -0.15) is 0 Å². The van der Waals surface area contributed by atoms with Crippen molar-refractivity contribution >= 4 is 34.5 Å². The molecule has 0 atom stereocenters. The molecule has 0 radical (unpaired) electrons. The number of nitrogens with zero attached hydrogens (tertiary/aromatic N) is 1. The van der Waals surface area contributed by atoms with Gasteiger partial charge in [-0.15, -0.1) is 0 Å². The lowest BCUT2D eigenvalue weighted by Crippen LogP contribution is -2.10. The SMILES string of the molecule is CCOC(=O)/C=C/c1cn(C)c2cc(Cl)ccc2c1=O. The minimum Gasteiger partial charge on any atom is -0.463 e. The van der Waals surface area contributed by atoms with Gasteiger partial charge in [0.15, 0.2) is 5.43 Å². The molecule has 2 aromatic rings. The summed E-state index contributed by atoms with van der Waals surface area (Å²) in [4.78, 5) is 23.6. The van der Waals surface area contributed by atoms with E-state index >= 15 is 0 Å². The fourth-order valence-corrected chi connectivity index (χ4v) is 2.11. The fraction of sp³-hybridized carbons (Fsp3) is 0.200. The van der Waals surface area contributed by atoms with Gasteiger partial charge in [0.05, 0.1) is 12.1 Å². The van der Waals surface area contributed by atoms with Crippen molar-refractivity contribution in [3.63, 3.8) is 0 Å². The lowest BCUT2D eigenvalue weighted by atomic mass is 10.1. The number of carbonyl (C=O) groups is 1. The van der Waals surface area contributed by atoms with E-state index in [9.17, 15) is 9.59 Å². The summed E-state index contributed by atoms with van der Waals surface area (Å²) in [5.74, 6) is -0.467. The van der Waals surface area contributed by atoms with Crippen LogP contribution in [0.3, 0.4) is 0 Å². The third kappa shape index (κ3) is 2.91. The molecule has 104 valence electrons. The number of ether oxygens (including phenoxy) is 1. The van der Waals surface area contributed by atoms with Crippen LogP contribution < -0.4 is 5.43 Å². The van der Waals surface area contributed by atoms with Crippen LogP contribution in [0.2, 0.25) is 5.02 Å². The maximum atomic E-state index is 12.3. The molecule has 1 aromatic carbocycles. The molecule has 1 heterocycles. The summed E-state index contributed by atoms with van der Waals surface area (Å²) in [6.07, 6.45) is 4.38. The maximum Gasteiger partial charge on any atom is 0.330 e. The molecule has 0 amide bonds. The van der Waals surface area contributed by atoms with E-state index in [1.165, 1.54) is 12.2 Å². The second-order valence-corrected chi connectivity index (χ2v) is 4.71. The molecule has 1 aromatic heterocycles. The molecule has 0 aliphatic carbocycles. The Morgan fingerprint density at radius 2 is 2.20 bits per heavy atom. The quantitative estimate of drug-likeness (QED) is 0.645. The first-order chi connectivity index (χ1) is 9.52. The molecule has 4 nitrogen and oxygen atoms in total. The smallest absolute Gasteiger partial charge is 0.330 e. The molecule has 5 heteroatoms. The summed E-state index contributed by atoms with van der Waals surface area (Å²) in [7, 11) is 1.82. The lowest BCUT2D eigenvalue weighted by molar-refractivity contribution is -0.137. The highest BCUT2D eigenvalue weighted by Crippen LogP contribution is 2.17. The second kappa shape index (κ2) is 5.92. The van der Waals surface area contributed by atoms with Gasteiger partial charge in [0.2, 0.25) is 0 Å². The monoisotopic (exact) mass is 291 g/mol. The summed E-state index contributed by atoms with van der Waals surface area (Å²) in [5, 5.41) is 1.13. The number of halogens is 1. The summed E-state index contributed by atoms with van der Waals surface area (Å²) < 4.78 is 6.58. The standard InChI is InChI=1S/C15H14ClNO3/c1-3-20-14(18)7-4-10-9-17(2)13-8-11(16)5-6-12(13)15(10)19/h4-9H,3H2,1-2H3/b7-4+. The van der Waals surface area contributed by atoms with Crippen molar-refractivity contribution in [2.75, 3.05) is 6.61 Å². The molecule has 0 bridgehead atoms. The number of aryl methyl sites for hydroxylation is 1. The first kappa shape index (κ1) is 14.3. The molecule has 0 fully saturated rings. The average molecular weight is 292 g/mol. The first-order valence-corrected chi connectivity index (χ1v) is 6.54. The Morgan fingerprint density at radius 3 is 2.90 bits per heavy atom. The van der Waals surface area contributed by atoms with Crippen molar-refractivity contribution in [2.24, 2.45) is 7.05 Å². The highest BCUT2D eigenvalue weighted by atomic mass is 35.5. The summed E-state index contributed by atoms with van der Waals surface area (Å²) in [5.41, 5.74) is 1.03. The van der Waals surface area contributed by atoms with Gasteiger partial charge in [-0.3, -0.25) is 4.79 Å². The van der Waals surface area contributed by atoms with Crippen molar-refractivity contribution < 1.29 is 9.53 Å². The minimum absolute atomic E-state index is 0.143. The zero-order valence-corrected chi connectivity index (χ0v) is 12.0. The van der Waals surface area contributed by atoms with E-state index < -0.39 is 5.97 Å². The third-order valence-electron chi connectivity index (χ3n) is 2.86. The number of hydrogen-bond acceptors (Lipinski definition) is 3. The van der Waals surface area contributed by atoms with Crippen LogP contribution in [0, 0.1) is 0 Å². The predicted octanol–water partition coefficient (Wildman–Crippen LogP) is 2.77. The second-order valence-electron chi connectivity index (χ2n) is 4.27. The van der Waals surface area contributed by atoms with Gasteiger partial charge in [0, 0.05) is 35.3 Å². The highest BCUT2D eigenvalue weighted by Gasteiger charge is 2.06. The molecule has 20 heavy (non-hydrogen) atoms. The van der Waals surface area contributed by atoms with Crippen LogP contribution in [0.4, 0.5) is 0 Å². The van der Waals surface area contributed by atoms with Crippen molar-refractivity contribution in [1.29, 1.82) is 0 Å². The summed E-state index contributed by atoms with van der Waals surface area (Å²) in [6, 6.07) is 5.09. The molecule has 0 N–H and O–H groups in total. The Balaban J connectivity index is 2.51. The normalized spacial score (nSPS) is 11.2. The van der Waals surface area contributed by atoms with Gasteiger partial charge in [0.1, 0.15) is 0 Å². The van der Waals surface area contributed by atoms with Crippen LogP contribution in [0.15, 0.2) is 35.3 Å². The van der Waals surface area contributed by atoms with E-state index in [0.717, 1.165) is 5.52 Å². The van der Waals surface area contributed by atoms with Gasteiger partial charge in [-0.1, -0.05) is 11.6 Å². The summed E-state index contributed by atoms with van der Waals surface area (Å²) in [6.45, 7) is 2.03. The Morgan fingerprint density at radius 1 is 1.45 bits per heavy atom. The third-order valence-corrected chi connectivity index (χ3v) is 3.10. The van der Waals surface area contributed by atoms with Crippen LogP contribution in [0.25, 0.3) is 17.0 Å². The topological polar surface area (TPSA) is 48.3 Å². The Bertz CT molecular complexity index is 747. The number of esters is 1. The van der Waals surface area contributed by atoms with Crippen molar-refractivity contribution in [3.8, 4) is 0 Å². The number of rotatable bonds is 3. The lowest BCUT2D eigenvalue weighted by Gasteiger charge is -2.07. The predicted molar refractivity (Wildman–Crippen MR) is 79.9 cm³/mol. The molecule has 0 saturated carbocycles. The number of fused-ring (bicyclic) bond motifs is 1. The van der Waals surface area contributed by atoms with Crippen molar-refractivity contribution in [2.45, 2.75) is 6.92 Å². The number of pyridine rings is 1. The molecule has 0 aliphatic heterocycles. The molecular weight excluding hydrogens is 278 g/mol. The van der Waals surface area contributed by atoms with Crippen LogP contribution >= 0.6 is 11.6 Å². The van der Waals surface area contributed by atoms with E-state index in [4.69, 9.17) is 16.3 Å². The van der Waals surface area contributed by atoms with Gasteiger partial charge >= 0.3 is 5.97 Å². The van der Waals surface area contributed by atoms with Crippen LogP contribution in [0.5, 0.6) is 0 Å². The number of benzene rings is 1. The van der Waals surface area contributed by atoms with Crippen LogP contribution in [0.1, 0.15) is 12.5 Å². The Hall–Kier alpha value is -2.07. The number of hydrogen-bond donors (Lipinski definition) is 0. The maximum absolute atomic E-state index is 12.3. The van der Waals surface area contributed by atoms with Crippen molar-refractivity contribution in [1.82, 2.24) is 4.57 Å². The van der Waals surface area contributed by atoms with E-state index in [2.05, 4.69) is 0 Å². The van der Waals surface area contributed by atoms with Gasteiger partial charge < -0.3 is 9.30 Å². The fourth-order valence-electron chi connectivity index (χ4n) is 1.95. The molecule has 0 aliphatic rings. The van der Waals surface area contributed by atoms with E-state index in [-0.39, 0.29) is 5.43 Å². The highest BCUT2D eigenvalue weighted by molar-refractivity contribution is 6.31. The van der Waals surface area contributed by atoms with Gasteiger partial charge in [0.25, 0.3) is 0 Å². The minimum atomic E-state index is -0.467. The largest absolute Gasteiger partial charge is 0.463 e. The molecule has 2 rings (SSSR count). The van der Waals surface area contributed by atoms with Crippen LogP contribution in [-0.4, -0.2) is 17.1 Å². The van der Waals surface area contributed by atoms with E-state index in [1.54, 1.807) is 35.9 Å². The molecular formula is C15H14ClNO3. The number of carbonyl (C=O) groups excluding carboxylic acids is 1. The van der Waals surface area contributed by atoms with Gasteiger partial charge in [-0.25, -0.2) is 4.79 Å². The van der Waals surface area contributed by atoms with Crippen LogP contribution in [-0.2, 0) is 16.6 Å². The number of aromatic nitrogens is 1. The Kier molecular flexibility index (Phi) is 4.25. The molecule has 0 saturated heterocycles.